The smallest absolute Gasteiger partial charge is 0.310 e. The van der Waals surface area contributed by atoms with Crippen LogP contribution in [0.5, 0.6) is 0 Å². The van der Waals surface area contributed by atoms with Crippen molar-refractivity contribution in [1.82, 2.24) is 4.90 Å². The summed E-state index contributed by atoms with van der Waals surface area (Å²) in [4.78, 5) is 13.0. The molecule has 0 amide bonds. The van der Waals surface area contributed by atoms with E-state index >= 15 is 0 Å². The van der Waals surface area contributed by atoms with Gasteiger partial charge in [0.15, 0.2) is 0 Å². The van der Waals surface area contributed by atoms with Crippen molar-refractivity contribution in [2.75, 3.05) is 19.6 Å². The van der Waals surface area contributed by atoms with E-state index in [2.05, 4.69) is 0 Å². The number of nitrogens with zero attached hydrogens (tertiary/aromatic N) is 1. The molecule has 0 aromatic carbocycles. The zero-order valence-electron chi connectivity index (χ0n) is 9.79. The van der Waals surface area contributed by atoms with E-state index in [9.17, 15) is 9.90 Å². The third-order valence-electron chi connectivity index (χ3n) is 2.95. The Labute approximate surface area is 90.9 Å². The summed E-state index contributed by atoms with van der Waals surface area (Å²) in [5.74, 6) is -0.785. The lowest BCUT2D eigenvalue weighted by molar-refractivity contribution is -0.149. The number of hydrogen-bond donors (Lipinski definition) is 2. The van der Waals surface area contributed by atoms with Gasteiger partial charge in [0.25, 0.3) is 0 Å². The standard InChI is InChI=1S/C11H21NO3/c1-10(2,9(13)14)7-12-6-4-5-11(3,15)8-12/h15H,4-8H2,1-3H3,(H,13,14). The van der Waals surface area contributed by atoms with Gasteiger partial charge in [0.05, 0.1) is 11.0 Å². The fourth-order valence-corrected chi connectivity index (χ4v) is 2.08. The Kier molecular flexibility index (Phi) is 3.41. The maximum absolute atomic E-state index is 11.0. The second-order valence-electron chi connectivity index (χ2n) is 5.50. The molecule has 0 aromatic heterocycles. The Bertz CT molecular complexity index is 248. The molecular weight excluding hydrogens is 194 g/mol. The first-order chi connectivity index (χ1) is 6.73. The van der Waals surface area contributed by atoms with E-state index in [-0.39, 0.29) is 0 Å². The Balaban J connectivity index is 2.55. The SMILES string of the molecule is CC1(O)CCCN(CC(C)(C)C(=O)O)C1. The van der Waals surface area contributed by atoms with Gasteiger partial charge in [0, 0.05) is 13.1 Å². The molecule has 1 saturated heterocycles. The van der Waals surface area contributed by atoms with Gasteiger partial charge in [-0.2, -0.15) is 0 Å². The van der Waals surface area contributed by atoms with Gasteiger partial charge in [0.2, 0.25) is 0 Å². The van der Waals surface area contributed by atoms with Gasteiger partial charge >= 0.3 is 5.97 Å². The lowest BCUT2D eigenvalue weighted by atomic mass is 9.89. The van der Waals surface area contributed by atoms with Crippen molar-refractivity contribution in [3.63, 3.8) is 0 Å². The lowest BCUT2D eigenvalue weighted by Gasteiger charge is -2.39. The minimum absolute atomic E-state index is 0.498. The predicted molar refractivity (Wildman–Crippen MR) is 57.7 cm³/mol. The van der Waals surface area contributed by atoms with Crippen LogP contribution in [-0.4, -0.2) is 46.3 Å². The maximum atomic E-state index is 11.0. The minimum Gasteiger partial charge on any atom is -0.481 e. The first-order valence-corrected chi connectivity index (χ1v) is 5.41. The zero-order chi connectivity index (χ0) is 11.7. The summed E-state index contributed by atoms with van der Waals surface area (Å²) in [6.07, 6.45) is 1.74. The highest BCUT2D eigenvalue weighted by atomic mass is 16.4. The fraction of sp³-hybridized carbons (Fsp3) is 0.909. The fourth-order valence-electron chi connectivity index (χ4n) is 2.08. The van der Waals surface area contributed by atoms with Crippen LogP contribution in [-0.2, 0) is 4.79 Å². The second-order valence-corrected chi connectivity index (χ2v) is 5.50. The monoisotopic (exact) mass is 215 g/mol. The van der Waals surface area contributed by atoms with Crippen molar-refractivity contribution in [3.05, 3.63) is 0 Å². The van der Waals surface area contributed by atoms with E-state index in [4.69, 9.17) is 5.11 Å². The van der Waals surface area contributed by atoms with E-state index < -0.39 is 17.0 Å². The third-order valence-corrected chi connectivity index (χ3v) is 2.95. The summed E-state index contributed by atoms with van der Waals surface area (Å²) in [5, 5.41) is 18.9. The van der Waals surface area contributed by atoms with Crippen LogP contribution in [0.1, 0.15) is 33.6 Å². The maximum Gasteiger partial charge on any atom is 0.310 e. The molecule has 0 radical (unpaired) electrons. The summed E-state index contributed by atoms with van der Waals surface area (Å²) >= 11 is 0. The van der Waals surface area contributed by atoms with Gasteiger partial charge < -0.3 is 10.2 Å². The highest BCUT2D eigenvalue weighted by Gasteiger charge is 2.34. The molecule has 15 heavy (non-hydrogen) atoms. The highest BCUT2D eigenvalue weighted by Crippen LogP contribution is 2.24. The quantitative estimate of drug-likeness (QED) is 0.735. The molecule has 0 aromatic rings. The second kappa shape index (κ2) is 4.10. The molecule has 0 bridgehead atoms. The molecule has 88 valence electrons. The van der Waals surface area contributed by atoms with Crippen LogP contribution in [0.2, 0.25) is 0 Å². The molecule has 0 aliphatic carbocycles. The van der Waals surface area contributed by atoms with Gasteiger partial charge in [-0.05, 0) is 40.2 Å². The van der Waals surface area contributed by atoms with Gasteiger partial charge in [-0.1, -0.05) is 0 Å². The topological polar surface area (TPSA) is 60.8 Å². The number of aliphatic hydroxyl groups is 1. The largest absolute Gasteiger partial charge is 0.481 e. The normalized spacial score (nSPS) is 29.1. The summed E-state index contributed by atoms with van der Waals surface area (Å²) < 4.78 is 0. The molecule has 4 nitrogen and oxygen atoms in total. The lowest BCUT2D eigenvalue weighted by Crippen LogP contribution is -2.50. The first kappa shape index (κ1) is 12.5. The third kappa shape index (κ3) is 3.47. The minimum atomic E-state index is -0.785. The average molecular weight is 215 g/mol. The number of carboxylic acids is 1. The molecule has 1 fully saturated rings. The van der Waals surface area contributed by atoms with Crippen LogP contribution in [0.25, 0.3) is 0 Å². The van der Waals surface area contributed by atoms with Crippen LogP contribution in [0.4, 0.5) is 0 Å². The average Bonchev–Trinajstić information content (AvgIpc) is 2.00. The van der Waals surface area contributed by atoms with E-state index in [0.717, 1.165) is 19.4 Å². The number of piperidine rings is 1. The Morgan fingerprint density at radius 1 is 1.53 bits per heavy atom. The van der Waals surface area contributed by atoms with Crippen LogP contribution >= 0.6 is 0 Å². The summed E-state index contributed by atoms with van der Waals surface area (Å²) in [5.41, 5.74) is -1.40. The molecule has 1 unspecified atom stereocenters. The molecule has 1 aliphatic rings. The number of carboxylic acid groups (broad SMARTS) is 1. The van der Waals surface area contributed by atoms with Crippen molar-refractivity contribution in [2.24, 2.45) is 5.41 Å². The van der Waals surface area contributed by atoms with Crippen molar-refractivity contribution in [1.29, 1.82) is 0 Å². The summed E-state index contributed by atoms with van der Waals surface area (Å²) in [6, 6.07) is 0. The van der Waals surface area contributed by atoms with Gasteiger partial charge in [0.1, 0.15) is 0 Å². The number of hydrogen-bond acceptors (Lipinski definition) is 3. The van der Waals surface area contributed by atoms with Gasteiger partial charge in [-0.25, -0.2) is 0 Å². The predicted octanol–water partition coefficient (Wildman–Crippen LogP) is 0.944. The van der Waals surface area contributed by atoms with Crippen molar-refractivity contribution < 1.29 is 15.0 Å². The summed E-state index contributed by atoms with van der Waals surface area (Å²) in [6.45, 7) is 7.21. The van der Waals surface area contributed by atoms with E-state index in [0.29, 0.717) is 13.1 Å². The number of likely N-dealkylation sites (tertiary alicyclic amines) is 1. The van der Waals surface area contributed by atoms with Gasteiger partial charge in [-0.15, -0.1) is 0 Å². The van der Waals surface area contributed by atoms with E-state index in [1.54, 1.807) is 13.8 Å². The van der Waals surface area contributed by atoms with E-state index in [1.165, 1.54) is 0 Å². The zero-order valence-corrected chi connectivity index (χ0v) is 9.79. The van der Waals surface area contributed by atoms with Gasteiger partial charge in [-0.3, -0.25) is 9.69 Å². The number of carbonyl (C=O) groups is 1. The number of rotatable bonds is 3. The molecule has 1 heterocycles. The van der Waals surface area contributed by atoms with Crippen LogP contribution in [0.15, 0.2) is 0 Å². The Hall–Kier alpha value is -0.610. The molecule has 1 atom stereocenters. The van der Waals surface area contributed by atoms with Crippen LogP contribution < -0.4 is 0 Å². The molecule has 1 rings (SSSR count). The molecule has 4 heteroatoms. The molecule has 2 N–H and O–H groups in total. The van der Waals surface area contributed by atoms with Crippen molar-refractivity contribution in [2.45, 2.75) is 39.2 Å². The molecule has 0 saturated carbocycles. The number of aliphatic carboxylic acids is 1. The highest BCUT2D eigenvalue weighted by molar-refractivity contribution is 5.73. The van der Waals surface area contributed by atoms with Crippen molar-refractivity contribution in [3.8, 4) is 0 Å². The van der Waals surface area contributed by atoms with Crippen LogP contribution in [0.3, 0.4) is 0 Å². The summed E-state index contributed by atoms with van der Waals surface area (Å²) in [7, 11) is 0. The molecular formula is C11H21NO3. The first-order valence-electron chi connectivity index (χ1n) is 5.41. The van der Waals surface area contributed by atoms with Crippen molar-refractivity contribution >= 4 is 5.97 Å². The molecule has 1 aliphatic heterocycles. The Morgan fingerprint density at radius 3 is 2.60 bits per heavy atom. The van der Waals surface area contributed by atoms with E-state index in [1.807, 2.05) is 11.8 Å². The number of β-amino-alcohol motifs (C(OH)–C–C–N with tert-alkyl or cyclic N) is 1. The van der Waals surface area contributed by atoms with Crippen LogP contribution in [0, 0.1) is 5.41 Å². The molecule has 0 spiro atoms. The Morgan fingerprint density at radius 2 is 2.13 bits per heavy atom.